The Morgan fingerprint density at radius 1 is 1.23 bits per heavy atom. The first kappa shape index (κ1) is 29.0. The molecule has 2 saturated carbocycles. The number of halogens is 2. The lowest BCUT2D eigenvalue weighted by Crippen LogP contribution is -2.23. The van der Waals surface area contributed by atoms with E-state index in [9.17, 15) is 8.78 Å². The Morgan fingerprint density at radius 2 is 1.95 bits per heavy atom. The molecule has 226 valence electrons. The van der Waals surface area contributed by atoms with Crippen molar-refractivity contribution < 1.29 is 23.1 Å². The predicted molar refractivity (Wildman–Crippen MR) is 161 cm³/mol. The highest BCUT2D eigenvalue weighted by molar-refractivity contribution is 5.91. The summed E-state index contributed by atoms with van der Waals surface area (Å²) in [4.78, 5) is 17.3. The predicted octanol–water partition coefficient (Wildman–Crippen LogP) is 5.32. The van der Waals surface area contributed by atoms with Gasteiger partial charge in [-0.2, -0.15) is 5.48 Å². The second-order valence-corrected chi connectivity index (χ2v) is 11.4. The smallest absolute Gasteiger partial charge is 0.153 e. The van der Waals surface area contributed by atoms with Gasteiger partial charge in [-0.3, -0.25) is 14.8 Å². The summed E-state index contributed by atoms with van der Waals surface area (Å²) in [6, 6.07) is 6.25. The minimum atomic E-state index is -0.761. The lowest BCUT2D eigenvalue weighted by atomic mass is 9.93. The molecule has 2 atom stereocenters. The van der Waals surface area contributed by atoms with Crippen LogP contribution in [0.1, 0.15) is 66.8 Å². The number of aromatic nitrogens is 2. The molecule has 3 aromatic rings. The monoisotopic (exact) mass is 590 g/mol. The van der Waals surface area contributed by atoms with Crippen LogP contribution < -0.4 is 26.0 Å². The summed E-state index contributed by atoms with van der Waals surface area (Å²) in [5.74, 6) is 0.00638. The summed E-state index contributed by atoms with van der Waals surface area (Å²) in [6.45, 7) is 8.08. The number of benzene rings is 1. The molecule has 3 fully saturated rings. The third-order valence-corrected chi connectivity index (χ3v) is 8.08. The van der Waals surface area contributed by atoms with Crippen molar-refractivity contribution in [2.75, 3.05) is 32.7 Å². The molecule has 0 radical (unpaired) electrons. The first-order valence-electron chi connectivity index (χ1n) is 14.6. The maximum Gasteiger partial charge on any atom is 0.153 e. The highest BCUT2D eigenvalue weighted by Crippen LogP contribution is 2.47. The van der Waals surface area contributed by atoms with Crippen LogP contribution >= 0.6 is 0 Å². The molecule has 4 N–H and O–H groups in total. The summed E-state index contributed by atoms with van der Waals surface area (Å²) in [7, 11) is 1.59. The van der Waals surface area contributed by atoms with Crippen molar-refractivity contribution >= 4 is 17.6 Å². The quantitative estimate of drug-likeness (QED) is 0.164. The van der Waals surface area contributed by atoms with Crippen LogP contribution in [0.3, 0.4) is 0 Å². The highest BCUT2D eigenvalue weighted by atomic mass is 19.1. The number of hydrogen-bond acceptors (Lipinski definition) is 9. The van der Waals surface area contributed by atoms with Gasteiger partial charge in [0.15, 0.2) is 11.6 Å². The maximum atomic E-state index is 14.8. The normalized spacial score (nSPS) is 19.2. The average Bonchev–Trinajstić information content (AvgIpc) is 3.85. The van der Waals surface area contributed by atoms with Crippen molar-refractivity contribution in [3.8, 4) is 22.8 Å². The topological polar surface area (TPSA) is 129 Å². The third-order valence-electron chi connectivity index (χ3n) is 8.08. The van der Waals surface area contributed by atoms with Crippen LogP contribution in [-0.4, -0.2) is 49.2 Å². The molecule has 7 rings (SSSR count). The van der Waals surface area contributed by atoms with Gasteiger partial charge in [0.05, 0.1) is 43.4 Å². The van der Waals surface area contributed by atoms with Crippen LogP contribution in [0.25, 0.3) is 17.0 Å². The fraction of sp³-hybridized carbons (Fsp3) is 0.406. The number of aliphatic imine (C=N–C) groups is 1. The van der Waals surface area contributed by atoms with E-state index in [0.717, 1.165) is 67.2 Å². The number of nitrogens with two attached hydrogens (primary N) is 1. The van der Waals surface area contributed by atoms with Gasteiger partial charge in [-0.25, -0.2) is 13.8 Å². The van der Waals surface area contributed by atoms with E-state index in [4.69, 9.17) is 20.2 Å². The van der Waals surface area contributed by atoms with Crippen molar-refractivity contribution in [2.45, 2.75) is 50.5 Å². The Morgan fingerprint density at radius 3 is 2.58 bits per heavy atom. The first-order chi connectivity index (χ1) is 20.8. The molecule has 0 amide bonds. The average molecular weight is 591 g/mol. The van der Waals surface area contributed by atoms with Gasteiger partial charge in [-0.1, -0.05) is 13.5 Å². The minimum Gasteiger partial charge on any atom is -0.495 e. The van der Waals surface area contributed by atoms with Gasteiger partial charge in [0.1, 0.15) is 23.9 Å². The second kappa shape index (κ2) is 12.3. The zero-order valence-corrected chi connectivity index (χ0v) is 24.3. The van der Waals surface area contributed by atoms with Gasteiger partial charge in [0.25, 0.3) is 0 Å². The third kappa shape index (κ3) is 6.62. The number of hydrogen-bond donors (Lipinski definition) is 3. The standard InChI is InChI=1S/C31H33F2N5O2.CH3NO/c1-16-15-40-31-22(16)10-26(38-30(31)28-24(32)13-35-14-25(28)33)23(18-4-5-18)12-36-17(2)19-8-20(11-37-21-6-7-21)29(34)27(9-19)39-3;1-2-3-1/h8-11,13-14,16,18,21,23,36H,2,4-7,12,15,34H2,1,3H3;2H,1H2. The van der Waals surface area contributed by atoms with Crippen molar-refractivity contribution in [3.05, 3.63) is 71.2 Å². The van der Waals surface area contributed by atoms with Gasteiger partial charge in [0.2, 0.25) is 0 Å². The Hall–Kier alpha value is -4.09. The number of nitrogens with zero attached hydrogens (tertiary/aromatic N) is 3. The van der Waals surface area contributed by atoms with Crippen molar-refractivity contribution in [1.82, 2.24) is 20.8 Å². The van der Waals surface area contributed by atoms with Gasteiger partial charge >= 0.3 is 0 Å². The fourth-order valence-corrected chi connectivity index (χ4v) is 5.24. The Balaban J connectivity index is 0.00000103. The van der Waals surface area contributed by atoms with Crippen LogP contribution in [0.5, 0.6) is 11.5 Å². The summed E-state index contributed by atoms with van der Waals surface area (Å²) < 4.78 is 41.0. The molecular formula is C32H36F2N6O3. The van der Waals surface area contributed by atoms with Crippen molar-refractivity contribution in [2.24, 2.45) is 10.9 Å². The van der Waals surface area contributed by atoms with Crippen molar-refractivity contribution in [1.29, 1.82) is 0 Å². The summed E-state index contributed by atoms with van der Waals surface area (Å²) >= 11 is 0. The molecular weight excluding hydrogens is 554 g/mol. The summed E-state index contributed by atoms with van der Waals surface area (Å²) in [5.41, 5.74) is 13.4. The molecule has 9 nitrogen and oxygen atoms in total. The van der Waals surface area contributed by atoms with Crippen LogP contribution in [0, 0.1) is 17.6 Å². The molecule has 4 aliphatic rings. The van der Waals surface area contributed by atoms with E-state index in [1.54, 1.807) is 7.11 Å². The van der Waals surface area contributed by atoms with Gasteiger partial charge < -0.3 is 20.5 Å². The van der Waals surface area contributed by atoms with Crippen LogP contribution in [-0.2, 0) is 4.84 Å². The number of nitrogen functional groups attached to an aromatic ring is 1. The molecule has 0 bridgehead atoms. The Bertz CT molecular complexity index is 1530. The van der Waals surface area contributed by atoms with E-state index in [0.29, 0.717) is 48.0 Å². The number of rotatable bonds is 10. The van der Waals surface area contributed by atoms with Gasteiger partial charge in [-0.15, -0.1) is 0 Å². The number of ether oxygens (including phenoxy) is 2. The van der Waals surface area contributed by atoms with E-state index in [1.165, 1.54) is 0 Å². The van der Waals surface area contributed by atoms with Gasteiger partial charge in [-0.05, 0) is 49.8 Å². The molecule has 43 heavy (non-hydrogen) atoms. The zero-order chi connectivity index (χ0) is 30.1. The van der Waals surface area contributed by atoms with E-state index < -0.39 is 11.6 Å². The number of fused-ring (bicyclic) bond motifs is 1. The molecule has 1 saturated heterocycles. The van der Waals surface area contributed by atoms with Crippen LogP contribution in [0.2, 0.25) is 0 Å². The molecule has 0 spiro atoms. The molecule has 2 aliphatic heterocycles. The first-order valence-corrected chi connectivity index (χ1v) is 14.6. The van der Waals surface area contributed by atoms with Crippen LogP contribution in [0.4, 0.5) is 14.5 Å². The lowest BCUT2D eigenvalue weighted by molar-refractivity contribution is 0.337. The molecule has 4 heterocycles. The molecule has 2 aliphatic carbocycles. The SMILES string of the molecule is C1NO1.C=C(NCC(c1cc2c(c(-c3c(F)cncc3F)n1)OCC2C)C1CC1)c1cc(C=NC2CC2)c(N)c(OC)c1. The molecule has 1 aromatic carbocycles. The molecule has 11 heteroatoms. The van der Waals surface area contributed by atoms with E-state index in [1.807, 2.05) is 31.3 Å². The van der Waals surface area contributed by atoms with Crippen LogP contribution in [0.15, 0.2) is 42.2 Å². The Kier molecular flexibility index (Phi) is 8.27. The maximum absolute atomic E-state index is 14.8. The number of pyridine rings is 2. The number of anilines is 1. The van der Waals surface area contributed by atoms with E-state index >= 15 is 0 Å². The summed E-state index contributed by atoms with van der Waals surface area (Å²) in [5, 5.41) is 3.49. The number of nitrogens with one attached hydrogen (secondary N) is 2. The second-order valence-electron chi connectivity index (χ2n) is 11.4. The largest absolute Gasteiger partial charge is 0.495 e. The lowest BCUT2D eigenvalue weighted by Gasteiger charge is -2.21. The highest BCUT2D eigenvalue weighted by Gasteiger charge is 2.36. The Labute approximate surface area is 249 Å². The van der Waals surface area contributed by atoms with E-state index in [-0.39, 0.29) is 23.1 Å². The summed E-state index contributed by atoms with van der Waals surface area (Å²) in [6.07, 6.45) is 8.17. The molecule has 2 aromatic heterocycles. The van der Waals surface area contributed by atoms with Crippen molar-refractivity contribution in [3.63, 3.8) is 0 Å². The zero-order valence-electron chi connectivity index (χ0n) is 24.3. The van der Waals surface area contributed by atoms with Gasteiger partial charge in [0, 0.05) is 52.7 Å². The molecule has 2 unspecified atom stereocenters. The fourth-order valence-electron chi connectivity index (χ4n) is 5.24. The van der Waals surface area contributed by atoms with E-state index in [2.05, 4.69) is 32.2 Å². The minimum absolute atomic E-state index is 0.0214. The number of methoxy groups -OCH3 is 1. The number of hydroxylamine groups is 1.